The zero-order valence-electron chi connectivity index (χ0n) is 5.22. The molecule has 1 heterocycles. The molecule has 0 saturated heterocycles. The first-order valence-electron chi connectivity index (χ1n) is 3.17. The Hall–Kier alpha value is -0.380. The Bertz CT molecular complexity index is 254. The van der Waals surface area contributed by atoms with Gasteiger partial charge in [0, 0.05) is 6.04 Å². The van der Waals surface area contributed by atoms with Gasteiger partial charge in [0.2, 0.25) is 5.95 Å². The average Bonchev–Trinajstić information content (AvgIpc) is 2.67. The minimum absolute atomic E-state index is 0.248. The first-order valence-corrected chi connectivity index (χ1v) is 3.96. The Labute approximate surface area is 66.2 Å². The fourth-order valence-corrected chi connectivity index (χ4v) is 1.23. The second-order valence-corrected chi connectivity index (χ2v) is 3.22. The molecule has 2 nitrogen and oxygen atoms in total. The van der Waals surface area contributed by atoms with Crippen molar-refractivity contribution in [2.24, 2.45) is 0 Å². The highest BCUT2D eigenvalue weighted by atomic mass is 79.9. The van der Waals surface area contributed by atoms with E-state index in [-0.39, 0.29) is 5.95 Å². The van der Waals surface area contributed by atoms with Gasteiger partial charge in [0.05, 0.1) is 6.33 Å². The fourth-order valence-electron chi connectivity index (χ4n) is 0.931. The summed E-state index contributed by atoms with van der Waals surface area (Å²) in [5.41, 5.74) is 0. The van der Waals surface area contributed by atoms with Crippen LogP contribution in [0.3, 0.4) is 0 Å². The van der Waals surface area contributed by atoms with Gasteiger partial charge in [-0.3, -0.25) is 0 Å². The lowest BCUT2D eigenvalue weighted by molar-refractivity contribution is 0.497. The molecule has 0 radical (unpaired) electrons. The maximum absolute atomic E-state index is 12.9. The number of imidazole rings is 1. The number of aromatic nitrogens is 2. The summed E-state index contributed by atoms with van der Waals surface area (Å²) >= 11 is 3.01. The van der Waals surface area contributed by atoms with Crippen molar-refractivity contribution in [3.8, 4) is 0 Å². The van der Waals surface area contributed by atoms with Crippen molar-refractivity contribution in [3.63, 3.8) is 0 Å². The Morgan fingerprint density at radius 1 is 1.70 bits per heavy atom. The zero-order valence-corrected chi connectivity index (χ0v) is 6.81. The molecule has 54 valence electrons. The summed E-state index contributed by atoms with van der Waals surface area (Å²) in [5.74, 6) is -0.248. The Morgan fingerprint density at radius 3 is 2.80 bits per heavy atom. The molecule has 1 aromatic heterocycles. The van der Waals surface area contributed by atoms with Crippen LogP contribution in [-0.2, 0) is 0 Å². The van der Waals surface area contributed by atoms with Crippen LogP contribution in [0.4, 0.5) is 4.39 Å². The SMILES string of the molecule is Fc1c(Br)ncn1C1CC1. The predicted octanol–water partition coefficient (Wildman–Crippen LogP) is 2.12. The lowest BCUT2D eigenvalue weighted by Gasteiger charge is -1.95. The van der Waals surface area contributed by atoms with Gasteiger partial charge in [-0.15, -0.1) is 0 Å². The largest absolute Gasteiger partial charge is 0.303 e. The second-order valence-electron chi connectivity index (χ2n) is 2.46. The van der Waals surface area contributed by atoms with Crippen molar-refractivity contribution in [1.29, 1.82) is 0 Å². The summed E-state index contributed by atoms with van der Waals surface area (Å²) in [4.78, 5) is 3.78. The highest BCUT2D eigenvalue weighted by Gasteiger charge is 2.26. The van der Waals surface area contributed by atoms with Crippen molar-refractivity contribution in [3.05, 3.63) is 16.9 Å². The van der Waals surface area contributed by atoms with E-state index in [1.54, 1.807) is 4.57 Å². The Morgan fingerprint density at radius 2 is 2.40 bits per heavy atom. The molecule has 1 saturated carbocycles. The van der Waals surface area contributed by atoms with Gasteiger partial charge in [0.1, 0.15) is 0 Å². The summed E-state index contributed by atoms with van der Waals surface area (Å²) in [6.07, 6.45) is 3.70. The maximum Gasteiger partial charge on any atom is 0.228 e. The first-order chi connectivity index (χ1) is 4.79. The van der Waals surface area contributed by atoms with Crippen molar-refractivity contribution in [1.82, 2.24) is 9.55 Å². The molecule has 0 spiro atoms. The highest BCUT2D eigenvalue weighted by molar-refractivity contribution is 9.10. The third kappa shape index (κ3) is 0.868. The second kappa shape index (κ2) is 2.05. The normalized spacial score (nSPS) is 17.8. The highest BCUT2D eigenvalue weighted by Crippen LogP contribution is 2.36. The van der Waals surface area contributed by atoms with Gasteiger partial charge in [0.25, 0.3) is 0 Å². The summed E-state index contributed by atoms with van der Waals surface area (Å²) < 4.78 is 14.8. The van der Waals surface area contributed by atoms with Crippen LogP contribution in [0.15, 0.2) is 10.9 Å². The van der Waals surface area contributed by atoms with Crippen molar-refractivity contribution in [2.45, 2.75) is 18.9 Å². The van der Waals surface area contributed by atoms with Crippen LogP contribution in [0.1, 0.15) is 18.9 Å². The molecule has 0 bridgehead atoms. The van der Waals surface area contributed by atoms with Crippen molar-refractivity contribution < 1.29 is 4.39 Å². The molecule has 0 aromatic carbocycles. The molecule has 0 atom stereocenters. The lowest BCUT2D eigenvalue weighted by Crippen LogP contribution is -1.94. The van der Waals surface area contributed by atoms with Gasteiger partial charge >= 0.3 is 0 Å². The number of halogens is 2. The summed E-state index contributed by atoms with van der Waals surface area (Å²) in [6, 6.07) is 0.374. The number of hydrogen-bond acceptors (Lipinski definition) is 1. The molecule has 1 aliphatic rings. The fraction of sp³-hybridized carbons (Fsp3) is 0.500. The first kappa shape index (κ1) is 6.34. The lowest BCUT2D eigenvalue weighted by atomic mass is 10.7. The van der Waals surface area contributed by atoms with E-state index in [2.05, 4.69) is 20.9 Å². The molecular formula is C6H6BrFN2. The van der Waals surface area contributed by atoms with Crippen LogP contribution in [-0.4, -0.2) is 9.55 Å². The monoisotopic (exact) mass is 204 g/mol. The van der Waals surface area contributed by atoms with E-state index >= 15 is 0 Å². The van der Waals surface area contributed by atoms with Gasteiger partial charge < -0.3 is 4.57 Å². The van der Waals surface area contributed by atoms with Gasteiger partial charge in [-0.2, -0.15) is 4.39 Å². The molecule has 1 aromatic rings. The summed E-state index contributed by atoms with van der Waals surface area (Å²) in [5, 5.41) is 0. The van der Waals surface area contributed by atoms with Gasteiger partial charge in [-0.1, -0.05) is 0 Å². The van der Waals surface area contributed by atoms with Gasteiger partial charge in [-0.05, 0) is 28.8 Å². The third-order valence-electron chi connectivity index (χ3n) is 1.63. The van der Waals surface area contributed by atoms with E-state index in [1.165, 1.54) is 6.33 Å². The summed E-state index contributed by atoms with van der Waals surface area (Å²) in [6.45, 7) is 0. The molecule has 0 amide bonds. The van der Waals surface area contributed by atoms with E-state index in [0.29, 0.717) is 10.6 Å². The molecule has 2 rings (SSSR count). The standard InChI is InChI=1S/C6H6BrFN2/c7-5-6(8)10(3-9-5)4-1-2-4/h3-4H,1-2H2. The van der Waals surface area contributed by atoms with E-state index in [9.17, 15) is 4.39 Å². The van der Waals surface area contributed by atoms with Gasteiger partial charge in [-0.25, -0.2) is 4.98 Å². The quantitative estimate of drug-likeness (QED) is 0.686. The molecule has 1 fully saturated rings. The van der Waals surface area contributed by atoms with E-state index in [4.69, 9.17) is 0 Å². The minimum Gasteiger partial charge on any atom is -0.303 e. The molecule has 1 aliphatic carbocycles. The summed E-state index contributed by atoms with van der Waals surface area (Å²) in [7, 11) is 0. The maximum atomic E-state index is 12.9. The van der Waals surface area contributed by atoms with Crippen LogP contribution < -0.4 is 0 Å². The molecule has 4 heteroatoms. The van der Waals surface area contributed by atoms with E-state index in [1.807, 2.05) is 0 Å². The Balaban J connectivity index is 2.40. The third-order valence-corrected chi connectivity index (χ3v) is 2.16. The van der Waals surface area contributed by atoms with Crippen molar-refractivity contribution >= 4 is 15.9 Å². The van der Waals surface area contributed by atoms with Crippen LogP contribution in [0.25, 0.3) is 0 Å². The van der Waals surface area contributed by atoms with E-state index in [0.717, 1.165) is 12.8 Å². The molecule has 0 aliphatic heterocycles. The number of nitrogens with zero attached hydrogens (tertiary/aromatic N) is 2. The van der Waals surface area contributed by atoms with E-state index < -0.39 is 0 Å². The van der Waals surface area contributed by atoms with Crippen LogP contribution >= 0.6 is 15.9 Å². The number of rotatable bonds is 1. The predicted molar refractivity (Wildman–Crippen MR) is 38.2 cm³/mol. The molecule has 0 unspecified atom stereocenters. The average molecular weight is 205 g/mol. The molecule has 0 N–H and O–H groups in total. The molecular weight excluding hydrogens is 199 g/mol. The minimum atomic E-state index is -0.248. The van der Waals surface area contributed by atoms with Crippen LogP contribution in [0.2, 0.25) is 0 Å². The van der Waals surface area contributed by atoms with Crippen LogP contribution in [0.5, 0.6) is 0 Å². The topological polar surface area (TPSA) is 17.8 Å². The Kier molecular flexibility index (Phi) is 1.30. The van der Waals surface area contributed by atoms with Crippen LogP contribution in [0, 0.1) is 5.95 Å². The number of hydrogen-bond donors (Lipinski definition) is 0. The zero-order chi connectivity index (χ0) is 7.14. The smallest absolute Gasteiger partial charge is 0.228 e. The van der Waals surface area contributed by atoms with Gasteiger partial charge in [0.15, 0.2) is 4.60 Å². The van der Waals surface area contributed by atoms with Crippen molar-refractivity contribution in [2.75, 3.05) is 0 Å². The molecule has 10 heavy (non-hydrogen) atoms.